The minimum absolute atomic E-state index is 0.0303. The monoisotopic (exact) mass is 246 g/mol. The van der Waals surface area contributed by atoms with Crippen LogP contribution in [-0.4, -0.2) is 10.9 Å². The van der Waals surface area contributed by atoms with Gasteiger partial charge in [0.25, 0.3) is 0 Å². The SMILES string of the molecule is CC(O)(CC1CCCCCC1=O)c1ccccc1. The fraction of sp³-hybridized carbons (Fsp3) is 0.562. The molecule has 1 saturated carbocycles. The molecule has 2 heteroatoms. The van der Waals surface area contributed by atoms with E-state index < -0.39 is 5.60 Å². The summed E-state index contributed by atoms with van der Waals surface area (Å²) in [5.74, 6) is 0.367. The van der Waals surface area contributed by atoms with Crippen LogP contribution in [0.1, 0.15) is 51.0 Å². The molecule has 2 unspecified atom stereocenters. The highest BCUT2D eigenvalue weighted by Crippen LogP contribution is 2.33. The Hall–Kier alpha value is -1.15. The summed E-state index contributed by atoms with van der Waals surface area (Å²) in [7, 11) is 0. The fourth-order valence-electron chi connectivity index (χ4n) is 2.84. The van der Waals surface area contributed by atoms with Crippen molar-refractivity contribution in [1.82, 2.24) is 0 Å². The summed E-state index contributed by atoms with van der Waals surface area (Å²) in [5, 5.41) is 10.6. The summed E-state index contributed by atoms with van der Waals surface area (Å²) in [5.41, 5.74) is 0.00777. The zero-order chi connectivity index (χ0) is 13.0. The average molecular weight is 246 g/mol. The van der Waals surface area contributed by atoms with Crippen molar-refractivity contribution in [1.29, 1.82) is 0 Å². The van der Waals surface area contributed by atoms with Crippen molar-refractivity contribution in [3.05, 3.63) is 35.9 Å². The minimum atomic E-state index is -0.897. The number of hydrogen-bond donors (Lipinski definition) is 1. The summed E-state index contributed by atoms with van der Waals surface area (Å²) in [6, 6.07) is 9.66. The van der Waals surface area contributed by atoms with Crippen LogP contribution >= 0.6 is 0 Å². The Balaban J connectivity index is 2.09. The van der Waals surface area contributed by atoms with Gasteiger partial charge in [-0.25, -0.2) is 0 Å². The fourth-order valence-corrected chi connectivity index (χ4v) is 2.84. The number of aliphatic hydroxyl groups is 1. The van der Waals surface area contributed by atoms with Gasteiger partial charge in [-0.05, 0) is 31.7 Å². The number of Topliss-reactive ketones (excluding diaryl/α,β-unsaturated/α-hetero) is 1. The highest BCUT2D eigenvalue weighted by Gasteiger charge is 2.31. The van der Waals surface area contributed by atoms with Crippen molar-refractivity contribution in [3.63, 3.8) is 0 Å². The lowest BCUT2D eigenvalue weighted by molar-refractivity contribution is -0.125. The first-order chi connectivity index (χ1) is 8.59. The molecule has 2 nitrogen and oxygen atoms in total. The van der Waals surface area contributed by atoms with Crippen LogP contribution in [-0.2, 0) is 10.4 Å². The van der Waals surface area contributed by atoms with E-state index in [0.29, 0.717) is 18.6 Å². The molecule has 0 aromatic heterocycles. The van der Waals surface area contributed by atoms with Gasteiger partial charge < -0.3 is 5.11 Å². The molecule has 98 valence electrons. The van der Waals surface area contributed by atoms with Crippen LogP contribution in [0.25, 0.3) is 0 Å². The average Bonchev–Trinajstić information content (AvgIpc) is 2.56. The zero-order valence-electron chi connectivity index (χ0n) is 11.1. The van der Waals surface area contributed by atoms with Crippen LogP contribution < -0.4 is 0 Å². The Morgan fingerprint density at radius 3 is 2.67 bits per heavy atom. The van der Waals surface area contributed by atoms with Crippen LogP contribution in [0, 0.1) is 5.92 Å². The largest absolute Gasteiger partial charge is 0.385 e. The molecule has 2 atom stereocenters. The third kappa shape index (κ3) is 3.20. The summed E-state index contributed by atoms with van der Waals surface area (Å²) in [4.78, 5) is 12.0. The minimum Gasteiger partial charge on any atom is -0.385 e. The highest BCUT2D eigenvalue weighted by molar-refractivity contribution is 5.81. The summed E-state index contributed by atoms with van der Waals surface area (Å²) in [6.45, 7) is 1.82. The molecule has 1 aliphatic carbocycles. The van der Waals surface area contributed by atoms with Crippen molar-refractivity contribution >= 4 is 5.78 Å². The number of carbonyl (C=O) groups excluding carboxylic acids is 1. The second kappa shape index (κ2) is 5.66. The Bertz CT molecular complexity index is 395. The molecule has 1 aromatic carbocycles. The summed E-state index contributed by atoms with van der Waals surface area (Å²) in [6.07, 6.45) is 5.45. The van der Waals surface area contributed by atoms with E-state index in [1.165, 1.54) is 0 Å². The molecular formula is C16H22O2. The molecule has 0 bridgehead atoms. The van der Waals surface area contributed by atoms with Crippen LogP contribution in [0.5, 0.6) is 0 Å². The predicted molar refractivity (Wildman–Crippen MR) is 72.2 cm³/mol. The standard InChI is InChI=1S/C16H22O2/c1-16(18,14-9-5-3-6-10-14)12-13-8-4-2-7-11-15(13)17/h3,5-6,9-10,13,18H,2,4,7-8,11-12H2,1H3. The van der Waals surface area contributed by atoms with Gasteiger partial charge in [-0.15, -0.1) is 0 Å². The van der Waals surface area contributed by atoms with E-state index in [1.54, 1.807) is 0 Å². The molecule has 1 aromatic rings. The summed E-state index contributed by atoms with van der Waals surface area (Å²) < 4.78 is 0. The maximum absolute atomic E-state index is 12.0. The molecule has 0 amide bonds. The molecule has 0 spiro atoms. The number of ketones is 1. The molecule has 2 rings (SSSR count). The van der Waals surface area contributed by atoms with Crippen LogP contribution in [0.4, 0.5) is 0 Å². The predicted octanol–water partition coefficient (Wildman–Crippen LogP) is 3.43. The van der Waals surface area contributed by atoms with E-state index in [9.17, 15) is 9.90 Å². The first-order valence-electron chi connectivity index (χ1n) is 6.90. The normalized spacial score (nSPS) is 24.3. The van der Waals surface area contributed by atoms with E-state index in [0.717, 1.165) is 31.2 Å². The molecule has 1 N–H and O–H groups in total. The Morgan fingerprint density at radius 2 is 1.94 bits per heavy atom. The first-order valence-corrected chi connectivity index (χ1v) is 6.90. The van der Waals surface area contributed by atoms with E-state index in [-0.39, 0.29) is 5.92 Å². The van der Waals surface area contributed by atoms with Gasteiger partial charge in [0, 0.05) is 12.3 Å². The highest BCUT2D eigenvalue weighted by atomic mass is 16.3. The van der Waals surface area contributed by atoms with Crippen LogP contribution in [0.15, 0.2) is 30.3 Å². The zero-order valence-corrected chi connectivity index (χ0v) is 11.1. The van der Waals surface area contributed by atoms with Gasteiger partial charge in [-0.2, -0.15) is 0 Å². The second-order valence-electron chi connectivity index (χ2n) is 5.61. The van der Waals surface area contributed by atoms with Crippen molar-refractivity contribution in [2.75, 3.05) is 0 Å². The van der Waals surface area contributed by atoms with Crippen molar-refractivity contribution in [2.24, 2.45) is 5.92 Å². The second-order valence-corrected chi connectivity index (χ2v) is 5.61. The van der Waals surface area contributed by atoms with Gasteiger partial charge in [-0.3, -0.25) is 4.79 Å². The first kappa shape index (κ1) is 13.3. The quantitative estimate of drug-likeness (QED) is 0.830. The van der Waals surface area contributed by atoms with Gasteiger partial charge in [0.1, 0.15) is 5.78 Å². The van der Waals surface area contributed by atoms with Crippen LogP contribution in [0.2, 0.25) is 0 Å². The molecular weight excluding hydrogens is 224 g/mol. The van der Waals surface area contributed by atoms with Crippen LogP contribution in [0.3, 0.4) is 0 Å². The third-order valence-corrected chi connectivity index (χ3v) is 3.97. The maximum atomic E-state index is 12.0. The molecule has 0 radical (unpaired) electrons. The number of carbonyl (C=O) groups is 1. The molecule has 0 saturated heterocycles. The molecule has 18 heavy (non-hydrogen) atoms. The topological polar surface area (TPSA) is 37.3 Å². The van der Waals surface area contributed by atoms with Crippen molar-refractivity contribution in [2.45, 2.75) is 51.0 Å². The van der Waals surface area contributed by atoms with E-state index in [4.69, 9.17) is 0 Å². The lowest BCUT2D eigenvalue weighted by atomic mass is 9.82. The van der Waals surface area contributed by atoms with Gasteiger partial charge >= 0.3 is 0 Å². The van der Waals surface area contributed by atoms with Gasteiger partial charge in [0.15, 0.2) is 0 Å². The van der Waals surface area contributed by atoms with Crippen molar-refractivity contribution in [3.8, 4) is 0 Å². The lowest BCUT2D eigenvalue weighted by Crippen LogP contribution is -2.28. The lowest BCUT2D eigenvalue weighted by Gasteiger charge is -2.28. The number of rotatable bonds is 3. The Morgan fingerprint density at radius 1 is 1.22 bits per heavy atom. The number of hydrogen-bond acceptors (Lipinski definition) is 2. The summed E-state index contributed by atoms with van der Waals surface area (Å²) >= 11 is 0. The molecule has 0 aliphatic heterocycles. The molecule has 1 fully saturated rings. The molecule has 0 heterocycles. The van der Waals surface area contributed by atoms with E-state index in [1.807, 2.05) is 37.3 Å². The Kier molecular flexibility index (Phi) is 4.18. The third-order valence-electron chi connectivity index (χ3n) is 3.97. The van der Waals surface area contributed by atoms with Gasteiger partial charge in [0.2, 0.25) is 0 Å². The maximum Gasteiger partial charge on any atom is 0.136 e. The molecule has 1 aliphatic rings. The smallest absolute Gasteiger partial charge is 0.136 e. The number of benzene rings is 1. The van der Waals surface area contributed by atoms with Gasteiger partial charge in [0.05, 0.1) is 5.60 Å². The Labute approximate surface area is 109 Å². The van der Waals surface area contributed by atoms with Crippen molar-refractivity contribution < 1.29 is 9.90 Å². The van der Waals surface area contributed by atoms with Gasteiger partial charge in [-0.1, -0.05) is 43.2 Å². The van der Waals surface area contributed by atoms with E-state index in [2.05, 4.69) is 0 Å². The van der Waals surface area contributed by atoms with E-state index >= 15 is 0 Å².